The molecule has 1 aromatic heterocycles. The van der Waals surface area contributed by atoms with E-state index in [2.05, 4.69) is 0 Å². The molecule has 0 aliphatic heterocycles. The van der Waals surface area contributed by atoms with Gasteiger partial charge >= 0.3 is 5.97 Å². The Balaban J connectivity index is 2.08. The number of halogens is 1. The predicted octanol–water partition coefficient (Wildman–Crippen LogP) is 4.56. The lowest BCUT2D eigenvalue weighted by Gasteiger charge is -2.15. The number of hydrogen-bond acceptors (Lipinski definition) is 3. The number of methoxy groups -OCH3 is 2. The van der Waals surface area contributed by atoms with E-state index in [9.17, 15) is 14.3 Å². The van der Waals surface area contributed by atoms with Crippen LogP contribution in [0.2, 0.25) is 0 Å². The second-order valence-electron chi connectivity index (χ2n) is 6.43. The van der Waals surface area contributed by atoms with Crippen molar-refractivity contribution >= 4 is 5.97 Å². The fourth-order valence-corrected chi connectivity index (χ4v) is 3.32. The van der Waals surface area contributed by atoms with Gasteiger partial charge in [0.05, 0.1) is 25.5 Å². The summed E-state index contributed by atoms with van der Waals surface area (Å²) < 4.78 is 26.2. The van der Waals surface area contributed by atoms with Gasteiger partial charge in [0.2, 0.25) is 0 Å². The molecule has 0 atom stereocenters. The molecule has 0 saturated carbocycles. The smallest absolute Gasteiger partial charge is 0.337 e. The average Bonchev–Trinajstić information content (AvgIpc) is 3.02. The van der Waals surface area contributed by atoms with E-state index >= 15 is 0 Å². The number of ether oxygens (including phenoxy) is 2. The van der Waals surface area contributed by atoms with Crippen molar-refractivity contribution in [3.63, 3.8) is 0 Å². The predicted molar refractivity (Wildman–Crippen MR) is 105 cm³/mol. The van der Waals surface area contributed by atoms with Gasteiger partial charge in [-0.3, -0.25) is 0 Å². The maximum atomic E-state index is 13.5. The van der Waals surface area contributed by atoms with E-state index in [1.54, 1.807) is 45.4 Å². The minimum Gasteiger partial charge on any atom is -0.497 e. The first kappa shape index (κ1) is 19.5. The van der Waals surface area contributed by atoms with Crippen molar-refractivity contribution in [3.8, 4) is 22.8 Å². The van der Waals surface area contributed by atoms with Crippen molar-refractivity contribution in [3.05, 3.63) is 71.2 Å². The van der Waals surface area contributed by atoms with Gasteiger partial charge in [0, 0.05) is 17.8 Å². The lowest BCUT2D eigenvalue weighted by Crippen LogP contribution is -2.07. The summed E-state index contributed by atoms with van der Waals surface area (Å²) >= 11 is 0. The number of nitrogens with zero attached hydrogens (tertiary/aromatic N) is 1. The Morgan fingerprint density at radius 1 is 1.11 bits per heavy atom. The monoisotopic (exact) mass is 383 g/mol. The van der Waals surface area contributed by atoms with Crippen LogP contribution in [0.25, 0.3) is 11.3 Å². The number of carbonyl (C=O) groups is 1. The molecule has 0 spiro atoms. The highest BCUT2D eigenvalue weighted by atomic mass is 19.1. The number of hydrogen-bond donors (Lipinski definition) is 1. The summed E-state index contributed by atoms with van der Waals surface area (Å²) in [7, 11) is 3.14. The van der Waals surface area contributed by atoms with Crippen LogP contribution >= 0.6 is 0 Å². The van der Waals surface area contributed by atoms with Crippen LogP contribution in [0.4, 0.5) is 4.39 Å². The highest BCUT2D eigenvalue weighted by Gasteiger charge is 2.20. The number of rotatable bonds is 7. The first-order valence-corrected chi connectivity index (χ1v) is 8.85. The van der Waals surface area contributed by atoms with E-state index in [1.807, 2.05) is 16.7 Å². The summed E-state index contributed by atoms with van der Waals surface area (Å²) in [5.74, 6) is -0.0294. The molecular formula is C22H22FNO4. The van der Waals surface area contributed by atoms with Crippen LogP contribution in [0.3, 0.4) is 0 Å². The van der Waals surface area contributed by atoms with Crippen LogP contribution < -0.4 is 9.47 Å². The molecule has 0 radical (unpaired) electrons. The van der Waals surface area contributed by atoms with Crippen LogP contribution in [0.1, 0.15) is 21.6 Å². The number of aromatic nitrogens is 1. The van der Waals surface area contributed by atoms with E-state index in [1.165, 1.54) is 12.1 Å². The number of aryl methyl sites for hydroxylation is 1. The van der Waals surface area contributed by atoms with Crippen molar-refractivity contribution in [2.75, 3.05) is 14.2 Å². The molecule has 1 N–H and O–H groups in total. The normalized spacial score (nSPS) is 10.7. The molecule has 0 aliphatic carbocycles. The fraction of sp³-hybridized carbons (Fsp3) is 0.227. The molecule has 0 fully saturated rings. The van der Waals surface area contributed by atoms with Crippen molar-refractivity contribution < 1.29 is 23.8 Å². The SMILES string of the molecule is COc1ccc(OC)c(-c2cc(C(=O)O)c(C)n2CCc2cccc(F)c2)c1. The Hall–Kier alpha value is -3.28. The van der Waals surface area contributed by atoms with Gasteiger partial charge in [0.25, 0.3) is 0 Å². The Labute approximate surface area is 163 Å². The van der Waals surface area contributed by atoms with Crippen LogP contribution in [0.5, 0.6) is 11.5 Å². The third-order valence-corrected chi connectivity index (χ3v) is 4.79. The van der Waals surface area contributed by atoms with E-state index in [4.69, 9.17) is 9.47 Å². The van der Waals surface area contributed by atoms with Gasteiger partial charge < -0.3 is 19.1 Å². The Morgan fingerprint density at radius 2 is 1.89 bits per heavy atom. The summed E-state index contributed by atoms with van der Waals surface area (Å²) in [6.45, 7) is 2.27. The number of carboxylic acids is 1. The zero-order chi connectivity index (χ0) is 20.3. The van der Waals surface area contributed by atoms with Gasteiger partial charge in [-0.1, -0.05) is 12.1 Å². The maximum absolute atomic E-state index is 13.5. The fourth-order valence-electron chi connectivity index (χ4n) is 3.32. The maximum Gasteiger partial charge on any atom is 0.337 e. The molecule has 1 heterocycles. The lowest BCUT2D eigenvalue weighted by molar-refractivity contribution is 0.0696. The van der Waals surface area contributed by atoms with Crippen molar-refractivity contribution in [1.82, 2.24) is 4.57 Å². The van der Waals surface area contributed by atoms with Crippen LogP contribution in [-0.2, 0) is 13.0 Å². The molecule has 6 heteroatoms. The van der Waals surface area contributed by atoms with E-state index < -0.39 is 5.97 Å². The molecule has 5 nitrogen and oxygen atoms in total. The highest BCUT2D eigenvalue weighted by Crippen LogP contribution is 2.36. The summed E-state index contributed by atoms with van der Waals surface area (Å²) in [6, 6.07) is 13.4. The minimum atomic E-state index is -0.995. The molecule has 0 saturated heterocycles. The van der Waals surface area contributed by atoms with Crippen LogP contribution in [0, 0.1) is 12.7 Å². The van der Waals surface area contributed by atoms with E-state index in [0.29, 0.717) is 35.9 Å². The lowest BCUT2D eigenvalue weighted by atomic mass is 10.1. The van der Waals surface area contributed by atoms with Gasteiger partial charge in [-0.05, 0) is 55.3 Å². The van der Waals surface area contributed by atoms with Gasteiger partial charge in [-0.15, -0.1) is 0 Å². The number of benzene rings is 2. The first-order valence-electron chi connectivity index (χ1n) is 8.85. The molecule has 3 rings (SSSR count). The molecule has 0 unspecified atom stereocenters. The Morgan fingerprint density at radius 3 is 2.54 bits per heavy atom. The highest BCUT2D eigenvalue weighted by molar-refractivity contribution is 5.91. The largest absolute Gasteiger partial charge is 0.497 e. The van der Waals surface area contributed by atoms with E-state index in [-0.39, 0.29) is 11.4 Å². The molecule has 28 heavy (non-hydrogen) atoms. The van der Waals surface area contributed by atoms with Crippen LogP contribution in [-0.4, -0.2) is 29.9 Å². The van der Waals surface area contributed by atoms with Crippen molar-refractivity contribution in [1.29, 1.82) is 0 Å². The Bertz CT molecular complexity index is 1010. The Kier molecular flexibility index (Phi) is 5.68. The number of carboxylic acid groups (broad SMARTS) is 1. The zero-order valence-corrected chi connectivity index (χ0v) is 16.0. The topological polar surface area (TPSA) is 60.7 Å². The molecule has 3 aromatic rings. The summed E-state index contributed by atoms with van der Waals surface area (Å²) in [5.41, 5.74) is 3.13. The summed E-state index contributed by atoms with van der Waals surface area (Å²) in [5, 5.41) is 9.58. The quantitative estimate of drug-likeness (QED) is 0.650. The van der Waals surface area contributed by atoms with Crippen molar-refractivity contribution in [2.45, 2.75) is 19.9 Å². The molecule has 146 valence electrons. The molecule has 2 aromatic carbocycles. The van der Waals surface area contributed by atoms with Crippen molar-refractivity contribution in [2.24, 2.45) is 0 Å². The second kappa shape index (κ2) is 8.17. The average molecular weight is 383 g/mol. The molecular weight excluding hydrogens is 361 g/mol. The van der Waals surface area contributed by atoms with E-state index in [0.717, 1.165) is 11.1 Å². The molecule has 0 amide bonds. The molecule has 0 aliphatic rings. The first-order chi connectivity index (χ1) is 13.4. The van der Waals surface area contributed by atoms with Gasteiger partial charge in [0.1, 0.15) is 17.3 Å². The second-order valence-corrected chi connectivity index (χ2v) is 6.43. The third-order valence-electron chi connectivity index (χ3n) is 4.79. The third kappa shape index (κ3) is 3.86. The van der Waals surface area contributed by atoms with Crippen LogP contribution in [0.15, 0.2) is 48.5 Å². The standard InChI is InChI=1S/C22H22FNO4/c1-14-18(22(25)26)13-20(19-12-17(27-2)7-8-21(19)28-3)24(14)10-9-15-5-4-6-16(23)11-15/h4-8,11-13H,9-10H2,1-3H3,(H,25,26). The van der Waals surface area contributed by atoms with Gasteiger partial charge in [-0.2, -0.15) is 0 Å². The number of aromatic carboxylic acids is 1. The van der Waals surface area contributed by atoms with Gasteiger partial charge in [0.15, 0.2) is 0 Å². The van der Waals surface area contributed by atoms with Gasteiger partial charge in [-0.25, -0.2) is 9.18 Å². The molecule has 0 bridgehead atoms. The summed E-state index contributed by atoms with van der Waals surface area (Å²) in [6.07, 6.45) is 0.561. The summed E-state index contributed by atoms with van der Waals surface area (Å²) in [4.78, 5) is 11.7. The minimum absolute atomic E-state index is 0.221. The zero-order valence-electron chi connectivity index (χ0n) is 16.0.